The van der Waals surface area contributed by atoms with Crippen LogP contribution in [0.4, 0.5) is 5.69 Å². The van der Waals surface area contributed by atoms with Crippen molar-refractivity contribution in [2.75, 3.05) is 7.11 Å². The maximum atomic E-state index is 10.9. The first-order valence-electron chi connectivity index (χ1n) is 2.80. The van der Waals surface area contributed by atoms with Crippen molar-refractivity contribution in [2.24, 2.45) is 5.11 Å². The third kappa shape index (κ3) is 1.43. The number of thiophene rings is 1. The van der Waals surface area contributed by atoms with Gasteiger partial charge >= 0.3 is 5.97 Å². The van der Waals surface area contributed by atoms with E-state index in [-0.39, 0.29) is 5.69 Å². The molecule has 1 aromatic rings. The topological polar surface area (TPSA) is 61.0 Å². The Morgan fingerprint density at radius 2 is 2.55 bits per heavy atom. The smallest absolute Gasteiger partial charge is 0.350 e. The molecule has 1 heterocycles. The fourth-order valence-corrected chi connectivity index (χ4v) is 1.37. The molecule has 0 aliphatic heterocycles. The number of hydrogen-bond acceptors (Lipinski definition) is 4. The number of rotatable bonds is 2. The lowest BCUT2D eigenvalue weighted by atomic mass is 10.4. The van der Waals surface area contributed by atoms with Crippen LogP contribution in [0.1, 0.15) is 9.67 Å². The summed E-state index contributed by atoms with van der Waals surface area (Å²) in [6.07, 6.45) is 0. The van der Waals surface area contributed by atoms with Crippen molar-refractivity contribution >= 4 is 23.0 Å². The second-order valence-electron chi connectivity index (χ2n) is 1.73. The highest BCUT2D eigenvalue weighted by Gasteiger charge is 2.10. The molecular weight excluding hydrogens is 164 g/mol. The molecule has 0 saturated carbocycles. The predicted molar refractivity (Wildman–Crippen MR) is 41.1 cm³/mol. The first-order valence-corrected chi connectivity index (χ1v) is 3.68. The number of ether oxygens (including phenoxy) is 1. The van der Waals surface area contributed by atoms with E-state index in [4.69, 9.17) is 5.53 Å². The largest absolute Gasteiger partial charge is 0.706 e. The Kier molecular flexibility index (Phi) is 2.32. The molecular formula is C6H5N2O2S-. The lowest BCUT2D eigenvalue weighted by molar-refractivity contribution is 0.0607. The van der Waals surface area contributed by atoms with Gasteiger partial charge in [0.2, 0.25) is 0 Å². The van der Waals surface area contributed by atoms with Crippen molar-refractivity contribution in [1.29, 1.82) is 0 Å². The van der Waals surface area contributed by atoms with Crippen molar-refractivity contribution in [3.63, 3.8) is 0 Å². The van der Waals surface area contributed by atoms with Crippen molar-refractivity contribution in [1.82, 2.24) is 0 Å². The molecule has 4 nitrogen and oxygen atoms in total. The van der Waals surface area contributed by atoms with E-state index in [1.165, 1.54) is 24.5 Å². The SMILES string of the molecule is COC(=O)c1sccc1N=[N-]. The number of carbonyl (C=O) groups excluding carboxylic acids is 1. The quantitative estimate of drug-likeness (QED) is 0.503. The van der Waals surface area contributed by atoms with Crippen LogP contribution in [0, 0.1) is 0 Å². The average Bonchev–Trinajstić information content (AvgIpc) is 2.50. The Balaban J connectivity index is 3.01. The number of nitrogens with zero attached hydrogens (tertiary/aromatic N) is 2. The molecule has 0 aromatic carbocycles. The Hall–Kier alpha value is -1.23. The van der Waals surface area contributed by atoms with Gasteiger partial charge in [0.05, 0.1) is 12.8 Å². The zero-order valence-corrected chi connectivity index (χ0v) is 6.59. The molecule has 0 amide bonds. The van der Waals surface area contributed by atoms with Crippen LogP contribution < -0.4 is 0 Å². The average molecular weight is 169 g/mol. The number of esters is 1. The molecule has 1 rings (SSSR count). The van der Waals surface area contributed by atoms with E-state index in [9.17, 15) is 4.79 Å². The minimum atomic E-state index is -0.479. The van der Waals surface area contributed by atoms with E-state index in [1.54, 1.807) is 5.38 Å². The lowest BCUT2D eigenvalue weighted by Gasteiger charge is -1.97. The van der Waals surface area contributed by atoms with Gasteiger partial charge in [0.1, 0.15) is 4.88 Å². The van der Waals surface area contributed by atoms with E-state index in [1.807, 2.05) is 0 Å². The third-order valence-electron chi connectivity index (χ3n) is 1.12. The standard InChI is InChI=1S/C6H5N2O2S/c1-10-6(9)5-4(8-7)2-3-11-5/h2-3H,1H3/q-1. The molecule has 0 fully saturated rings. The molecule has 0 unspecified atom stereocenters. The van der Waals surface area contributed by atoms with Crippen LogP contribution >= 0.6 is 11.3 Å². The number of methoxy groups -OCH3 is 1. The summed E-state index contributed by atoms with van der Waals surface area (Å²) < 4.78 is 4.44. The van der Waals surface area contributed by atoms with Gasteiger partial charge in [-0.25, -0.2) is 4.79 Å². The predicted octanol–water partition coefficient (Wildman–Crippen LogP) is 2.19. The van der Waals surface area contributed by atoms with Gasteiger partial charge in [-0.15, -0.1) is 11.3 Å². The molecule has 11 heavy (non-hydrogen) atoms. The molecule has 58 valence electrons. The van der Waals surface area contributed by atoms with Gasteiger partial charge in [0, 0.05) is 0 Å². The van der Waals surface area contributed by atoms with Gasteiger partial charge in [0.25, 0.3) is 0 Å². The normalized spacial score (nSPS) is 9.18. The van der Waals surface area contributed by atoms with E-state index >= 15 is 0 Å². The minimum Gasteiger partial charge on any atom is -0.706 e. The van der Waals surface area contributed by atoms with E-state index in [0.29, 0.717) is 4.88 Å². The molecule has 0 spiro atoms. The molecule has 0 aliphatic carbocycles. The van der Waals surface area contributed by atoms with Crippen molar-refractivity contribution in [2.45, 2.75) is 0 Å². The summed E-state index contributed by atoms with van der Waals surface area (Å²) in [5.74, 6) is -0.479. The fraction of sp³-hybridized carbons (Fsp3) is 0.167. The zero-order chi connectivity index (χ0) is 8.27. The fourth-order valence-electron chi connectivity index (χ4n) is 0.627. The highest BCUT2D eigenvalue weighted by Crippen LogP contribution is 2.25. The molecule has 0 N–H and O–H groups in total. The maximum absolute atomic E-state index is 10.9. The molecule has 5 heteroatoms. The van der Waals surface area contributed by atoms with Gasteiger partial charge < -0.3 is 15.4 Å². The van der Waals surface area contributed by atoms with Gasteiger partial charge in [-0.2, -0.15) is 0 Å². The molecule has 0 aliphatic rings. The summed E-state index contributed by atoms with van der Waals surface area (Å²) in [5, 5.41) is 4.56. The molecule has 0 radical (unpaired) electrons. The highest BCUT2D eigenvalue weighted by molar-refractivity contribution is 7.12. The highest BCUT2D eigenvalue weighted by atomic mass is 32.1. The summed E-state index contributed by atoms with van der Waals surface area (Å²) in [5.41, 5.74) is 8.63. The Morgan fingerprint density at radius 1 is 1.82 bits per heavy atom. The summed E-state index contributed by atoms with van der Waals surface area (Å²) in [7, 11) is 1.28. The monoisotopic (exact) mass is 169 g/mol. The van der Waals surface area contributed by atoms with Crippen LogP contribution in [0.5, 0.6) is 0 Å². The van der Waals surface area contributed by atoms with E-state index in [0.717, 1.165) is 0 Å². The Morgan fingerprint density at radius 3 is 3.09 bits per heavy atom. The van der Waals surface area contributed by atoms with Crippen LogP contribution in [0.2, 0.25) is 0 Å². The maximum Gasteiger partial charge on any atom is 0.350 e. The second kappa shape index (κ2) is 3.25. The van der Waals surface area contributed by atoms with Crippen molar-refractivity contribution < 1.29 is 9.53 Å². The summed E-state index contributed by atoms with van der Waals surface area (Å²) >= 11 is 1.18. The van der Waals surface area contributed by atoms with Crippen LogP contribution in [-0.2, 0) is 4.74 Å². The molecule has 0 saturated heterocycles. The third-order valence-corrected chi connectivity index (χ3v) is 2.01. The van der Waals surface area contributed by atoms with Crippen molar-refractivity contribution in [3.05, 3.63) is 21.9 Å². The lowest BCUT2D eigenvalue weighted by Crippen LogP contribution is -1.97. The summed E-state index contributed by atoms with van der Waals surface area (Å²) in [6.45, 7) is 0. The van der Waals surface area contributed by atoms with Gasteiger partial charge in [0.15, 0.2) is 0 Å². The molecule has 1 aromatic heterocycles. The summed E-state index contributed by atoms with van der Waals surface area (Å²) in [6, 6.07) is 1.54. The molecule has 0 atom stereocenters. The Labute approximate surface area is 67.3 Å². The van der Waals surface area contributed by atoms with Crippen LogP contribution in [-0.4, -0.2) is 13.1 Å². The number of hydrogen-bond donors (Lipinski definition) is 0. The van der Waals surface area contributed by atoms with Gasteiger partial charge in [-0.3, -0.25) is 0 Å². The second-order valence-corrected chi connectivity index (χ2v) is 2.64. The van der Waals surface area contributed by atoms with Crippen LogP contribution in [0.3, 0.4) is 0 Å². The van der Waals surface area contributed by atoms with Gasteiger partial charge in [-0.1, -0.05) is 0 Å². The van der Waals surface area contributed by atoms with Crippen molar-refractivity contribution in [3.8, 4) is 0 Å². The summed E-state index contributed by atoms with van der Waals surface area (Å²) in [4.78, 5) is 11.2. The first kappa shape index (κ1) is 7.87. The molecule has 0 bridgehead atoms. The van der Waals surface area contributed by atoms with Crippen LogP contribution in [0.25, 0.3) is 5.53 Å². The van der Waals surface area contributed by atoms with E-state index < -0.39 is 5.97 Å². The van der Waals surface area contributed by atoms with Gasteiger partial charge in [-0.05, 0) is 11.4 Å². The number of carbonyl (C=O) groups is 1. The minimum absolute atomic E-state index is 0.252. The Bertz CT molecular complexity index is 282. The first-order chi connectivity index (χ1) is 5.29. The van der Waals surface area contributed by atoms with Crippen LogP contribution in [0.15, 0.2) is 16.6 Å². The zero-order valence-electron chi connectivity index (χ0n) is 5.77. The van der Waals surface area contributed by atoms with E-state index in [2.05, 4.69) is 9.85 Å².